The molecule has 0 radical (unpaired) electrons. The first kappa shape index (κ1) is 15.4. The normalized spacial score (nSPS) is 16.0. The third-order valence-electron chi connectivity index (χ3n) is 3.27. The van der Waals surface area contributed by atoms with Crippen LogP contribution in [0.3, 0.4) is 0 Å². The number of ether oxygens (including phenoxy) is 2. The number of H-pyrrole nitrogens is 1. The van der Waals surface area contributed by atoms with E-state index in [4.69, 9.17) is 15.2 Å². The molecule has 3 atom stereocenters. The molecule has 21 heavy (non-hydrogen) atoms. The molecule has 5 N–H and O–H groups in total. The number of aliphatic hydroxyl groups is 2. The highest BCUT2D eigenvalue weighted by Gasteiger charge is 2.30. The third-order valence-corrected chi connectivity index (χ3v) is 3.27. The smallest absolute Gasteiger partial charge is 0.277 e. The highest BCUT2D eigenvalue weighted by Crippen LogP contribution is 2.22. The van der Waals surface area contributed by atoms with E-state index in [-0.39, 0.29) is 17.9 Å². The topological polar surface area (TPSA) is 136 Å². The van der Waals surface area contributed by atoms with Crippen LogP contribution >= 0.6 is 0 Å². The minimum atomic E-state index is -1.16. The summed E-state index contributed by atoms with van der Waals surface area (Å²) in [6.45, 7) is -0.382. The number of methoxy groups -OCH3 is 2. The molecule has 0 aromatic carbocycles. The molecule has 0 aliphatic rings. The maximum absolute atomic E-state index is 11.8. The SMILES string of the molecule is CO[C@H]([C@H](O)[C@@H](CO)OC)n1cnc2c(=O)[nH]c(N)cc21. The first-order chi connectivity index (χ1) is 10.0. The fraction of sp³-hybridized carbons (Fsp3) is 0.500. The Hall–Kier alpha value is -1.94. The Morgan fingerprint density at radius 2 is 2.19 bits per heavy atom. The molecule has 0 aliphatic heterocycles. The van der Waals surface area contributed by atoms with Crippen LogP contribution in [0.2, 0.25) is 0 Å². The molecule has 0 aliphatic carbocycles. The minimum Gasteiger partial charge on any atom is -0.394 e. The van der Waals surface area contributed by atoms with Gasteiger partial charge in [0.15, 0.2) is 11.7 Å². The molecule has 2 aromatic rings. The van der Waals surface area contributed by atoms with Crippen molar-refractivity contribution in [3.8, 4) is 0 Å². The molecule has 0 unspecified atom stereocenters. The molecule has 2 aromatic heterocycles. The van der Waals surface area contributed by atoms with Gasteiger partial charge in [0.1, 0.15) is 18.0 Å². The number of nitrogen functional groups attached to an aromatic ring is 1. The number of anilines is 1. The molecular formula is C12H18N4O5. The molecule has 116 valence electrons. The zero-order chi connectivity index (χ0) is 15.6. The van der Waals surface area contributed by atoms with E-state index in [1.54, 1.807) is 0 Å². The number of nitrogens with two attached hydrogens (primary N) is 1. The van der Waals surface area contributed by atoms with Gasteiger partial charge in [0.2, 0.25) is 0 Å². The van der Waals surface area contributed by atoms with Crippen molar-refractivity contribution >= 4 is 16.9 Å². The molecule has 2 heterocycles. The van der Waals surface area contributed by atoms with Crippen LogP contribution in [0.1, 0.15) is 6.23 Å². The Balaban J connectivity index is 2.50. The second-order valence-corrected chi connectivity index (χ2v) is 4.51. The van der Waals surface area contributed by atoms with Gasteiger partial charge in [-0.2, -0.15) is 0 Å². The van der Waals surface area contributed by atoms with Crippen LogP contribution < -0.4 is 11.3 Å². The quantitative estimate of drug-likeness (QED) is 0.527. The summed E-state index contributed by atoms with van der Waals surface area (Å²) in [5.74, 6) is 0.170. The van der Waals surface area contributed by atoms with Gasteiger partial charge in [-0.25, -0.2) is 4.98 Å². The summed E-state index contributed by atoms with van der Waals surface area (Å²) in [7, 11) is 2.76. The van der Waals surface area contributed by atoms with Crippen molar-refractivity contribution in [3.63, 3.8) is 0 Å². The number of rotatable bonds is 6. The van der Waals surface area contributed by atoms with Gasteiger partial charge in [0.25, 0.3) is 5.56 Å². The fourth-order valence-corrected chi connectivity index (χ4v) is 2.19. The number of aromatic amines is 1. The van der Waals surface area contributed by atoms with Gasteiger partial charge in [0, 0.05) is 20.3 Å². The lowest BCUT2D eigenvalue weighted by Gasteiger charge is -2.28. The van der Waals surface area contributed by atoms with Crippen molar-refractivity contribution < 1.29 is 19.7 Å². The van der Waals surface area contributed by atoms with Gasteiger partial charge in [-0.1, -0.05) is 0 Å². The second-order valence-electron chi connectivity index (χ2n) is 4.51. The monoisotopic (exact) mass is 298 g/mol. The summed E-state index contributed by atoms with van der Waals surface area (Å²) in [4.78, 5) is 18.2. The molecule has 0 saturated heterocycles. The number of pyridine rings is 1. The van der Waals surface area contributed by atoms with Gasteiger partial charge in [-0.15, -0.1) is 0 Å². The Kier molecular flexibility index (Phi) is 4.58. The molecule has 0 fully saturated rings. The summed E-state index contributed by atoms with van der Waals surface area (Å²) in [5.41, 5.74) is 5.78. The van der Waals surface area contributed by atoms with Crippen LogP contribution in [0.25, 0.3) is 11.0 Å². The Bertz CT molecular complexity index is 663. The summed E-state index contributed by atoms with van der Waals surface area (Å²) in [6.07, 6.45) is -1.54. The number of aromatic nitrogens is 3. The van der Waals surface area contributed by atoms with Crippen LogP contribution in [-0.4, -0.2) is 57.8 Å². The summed E-state index contributed by atoms with van der Waals surface area (Å²) in [5, 5.41) is 19.5. The van der Waals surface area contributed by atoms with Crippen molar-refractivity contribution in [3.05, 3.63) is 22.7 Å². The van der Waals surface area contributed by atoms with E-state index in [0.29, 0.717) is 5.52 Å². The summed E-state index contributed by atoms with van der Waals surface area (Å²) < 4.78 is 11.7. The average Bonchev–Trinajstić information content (AvgIpc) is 2.85. The first-order valence-corrected chi connectivity index (χ1v) is 6.23. The van der Waals surface area contributed by atoms with Crippen LogP contribution in [0.15, 0.2) is 17.2 Å². The van der Waals surface area contributed by atoms with E-state index >= 15 is 0 Å². The molecule has 0 spiro atoms. The molecule has 9 nitrogen and oxygen atoms in total. The van der Waals surface area contributed by atoms with Crippen LogP contribution in [-0.2, 0) is 9.47 Å². The van der Waals surface area contributed by atoms with E-state index in [0.717, 1.165) is 0 Å². The maximum atomic E-state index is 11.8. The Labute approximate surface area is 119 Å². The molecule has 9 heteroatoms. The molecule has 2 rings (SSSR count). The van der Waals surface area contributed by atoms with E-state index in [9.17, 15) is 15.0 Å². The number of aliphatic hydroxyl groups excluding tert-OH is 2. The largest absolute Gasteiger partial charge is 0.394 e. The van der Waals surface area contributed by atoms with Crippen molar-refractivity contribution in [1.29, 1.82) is 0 Å². The fourth-order valence-electron chi connectivity index (χ4n) is 2.19. The summed E-state index contributed by atoms with van der Waals surface area (Å²) in [6, 6.07) is 1.52. The first-order valence-electron chi connectivity index (χ1n) is 6.23. The highest BCUT2D eigenvalue weighted by atomic mass is 16.5. The lowest BCUT2D eigenvalue weighted by Crippen LogP contribution is -2.39. The predicted octanol–water partition coefficient (Wildman–Crippen LogP) is -1.18. The Morgan fingerprint density at radius 3 is 2.76 bits per heavy atom. The number of nitrogens with one attached hydrogen (secondary N) is 1. The van der Waals surface area contributed by atoms with Crippen molar-refractivity contribution in [1.82, 2.24) is 14.5 Å². The van der Waals surface area contributed by atoms with Gasteiger partial charge in [-0.05, 0) is 0 Å². The molecule has 0 saturated carbocycles. The average molecular weight is 298 g/mol. The second kappa shape index (κ2) is 6.22. The van der Waals surface area contributed by atoms with Crippen molar-refractivity contribution in [2.45, 2.75) is 18.4 Å². The molecule has 0 amide bonds. The van der Waals surface area contributed by atoms with Gasteiger partial charge in [-0.3, -0.25) is 4.79 Å². The van der Waals surface area contributed by atoms with Crippen LogP contribution in [0, 0.1) is 0 Å². The number of fused-ring (bicyclic) bond motifs is 1. The standard InChI is InChI=1S/C12H18N4O5/c1-20-7(4-17)10(18)12(21-2)16-5-14-9-6(16)3-8(13)15-11(9)19/h3,5,7,10,12,17-18H,4H2,1-2H3,(H3,13,15,19)/t7-,10-,12-/m1/s1. The van der Waals surface area contributed by atoms with Crippen LogP contribution in [0.5, 0.6) is 0 Å². The van der Waals surface area contributed by atoms with E-state index in [2.05, 4.69) is 9.97 Å². The zero-order valence-corrected chi connectivity index (χ0v) is 11.7. The third kappa shape index (κ3) is 2.76. The lowest BCUT2D eigenvalue weighted by molar-refractivity contribution is -0.129. The number of imidazole rings is 1. The van der Waals surface area contributed by atoms with Crippen molar-refractivity contribution in [2.75, 3.05) is 26.6 Å². The predicted molar refractivity (Wildman–Crippen MR) is 74.7 cm³/mol. The highest BCUT2D eigenvalue weighted by molar-refractivity contribution is 5.76. The molecular weight excluding hydrogens is 280 g/mol. The number of hydrogen-bond donors (Lipinski definition) is 4. The summed E-state index contributed by atoms with van der Waals surface area (Å²) >= 11 is 0. The number of hydrogen-bond acceptors (Lipinski definition) is 7. The zero-order valence-electron chi connectivity index (χ0n) is 11.7. The van der Waals surface area contributed by atoms with E-state index in [1.807, 2.05) is 0 Å². The molecule has 0 bridgehead atoms. The Morgan fingerprint density at radius 1 is 1.48 bits per heavy atom. The maximum Gasteiger partial charge on any atom is 0.277 e. The lowest BCUT2D eigenvalue weighted by atomic mass is 10.2. The number of nitrogens with zero attached hydrogens (tertiary/aromatic N) is 2. The van der Waals surface area contributed by atoms with Gasteiger partial charge in [0.05, 0.1) is 18.5 Å². The van der Waals surface area contributed by atoms with E-state index in [1.165, 1.54) is 31.2 Å². The van der Waals surface area contributed by atoms with Gasteiger partial charge >= 0.3 is 0 Å². The van der Waals surface area contributed by atoms with E-state index < -0.39 is 24.0 Å². The van der Waals surface area contributed by atoms with Crippen LogP contribution in [0.4, 0.5) is 5.82 Å². The van der Waals surface area contributed by atoms with Gasteiger partial charge < -0.3 is 35.0 Å². The minimum absolute atomic E-state index is 0.170. The van der Waals surface area contributed by atoms with Crippen molar-refractivity contribution in [2.24, 2.45) is 0 Å².